The van der Waals surface area contributed by atoms with Crippen LogP contribution in [0, 0.1) is 0 Å². The fourth-order valence-electron chi connectivity index (χ4n) is 2.02. The van der Waals surface area contributed by atoms with Gasteiger partial charge in [0.15, 0.2) is 12.4 Å². The SMILES string of the molecule is CC(=O)Nc1ccc(NC(=O)COc2ccc(C(C)=O)cc2)cc1Cl. The molecule has 0 saturated carbocycles. The molecule has 0 spiro atoms. The first-order valence-corrected chi connectivity index (χ1v) is 7.84. The van der Waals surface area contributed by atoms with Gasteiger partial charge in [-0.25, -0.2) is 0 Å². The molecule has 7 heteroatoms. The number of carbonyl (C=O) groups is 3. The van der Waals surface area contributed by atoms with Gasteiger partial charge < -0.3 is 15.4 Å². The molecule has 25 heavy (non-hydrogen) atoms. The molecule has 2 rings (SSSR count). The van der Waals surface area contributed by atoms with Gasteiger partial charge in [-0.15, -0.1) is 0 Å². The van der Waals surface area contributed by atoms with Crippen LogP contribution in [0.15, 0.2) is 42.5 Å². The molecule has 2 aromatic rings. The lowest BCUT2D eigenvalue weighted by Gasteiger charge is -2.10. The van der Waals surface area contributed by atoms with Gasteiger partial charge in [0.05, 0.1) is 10.7 Å². The number of halogens is 1. The van der Waals surface area contributed by atoms with E-state index in [0.717, 1.165) is 0 Å². The summed E-state index contributed by atoms with van der Waals surface area (Å²) in [7, 11) is 0. The Kier molecular flexibility index (Phi) is 6.14. The predicted molar refractivity (Wildman–Crippen MR) is 96.3 cm³/mol. The van der Waals surface area contributed by atoms with Crippen molar-refractivity contribution in [2.75, 3.05) is 17.2 Å². The molecule has 0 unspecified atom stereocenters. The van der Waals surface area contributed by atoms with E-state index in [9.17, 15) is 14.4 Å². The van der Waals surface area contributed by atoms with Gasteiger partial charge in [-0.3, -0.25) is 14.4 Å². The number of amides is 2. The van der Waals surface area contributed by atoms with Crippen LogP contribution >= 0.6 is 11.6 Å². The number of ketones is 1. The van der Waals surface area contributed by atoms with Crippen LogP contribution in [0.1, 0.15) is 24.2 Å². The van der Waals surface area contributed by atoms with Crippen LogP contribution in [0.25, 0.3) is 0 Å². The quantitative estimate of drug-likeness (QED) is 0.772. The molecular formula is C18H17ClN2O4. The summed E-state index contributed by atoms with van der Waals surface area (Å²) in [5.41, 5.74) is 1.53. The molecule has 0 saturated heterocycles. The van der Waals surface area contributed by atoms with Gasteiger partial charge in [0.2, 0.25) is 5.91 Å². The van der Waals surface area contributed by atoms with Crippen LogP contribution in [0.3, 0.4) is 0 Å². The number of hydrogen-bond donors (Lipinski definition) is 2. The fourth-order valence-corrected chi connectivity index (χ4v) is 2.24. The largest absolute Gasteiger partial charge is 0.484 e. The summed E-state index contributed by atoms with van der Waals surface area (Å²) in [4.78, 5) is 34.2. The van der Waals surface area contributed by atoms with Crippen molar-refractivity contribution in [2.24, 2.45) is 0 Å². The number of nitrogens with one attached hydrogen (secondary N) is 2. The zero-order valence-corrected chi connectivity index (χ0v) is 14.5. The van der Waals surface area contributed by atoms with E-state index in [-0.39, 0.29) is 24.2 Å². The third-order valence-electron chi connectivity index (χ3n) is 3.19. The third-order valence-corrected chi connectivity index (χ3v) is 3.51. The second kappa shape index (κ2) is 8.30. The molecule has 6 nitrogen and oxygen atoms in total. The first kappa shape index (κ1) is 18.5. The Balaban J connectivity index is 1.90. The molecule has 2 amide bonds. The van der Waals surface area contributed by atoms with Crippen LogP contribution < -0.4 is 15.4 Å². The van der Waals surface area contributed by atoms with Crippen LogP contribution in [0.5, 0.6) is 5.75 Å². The maximum absolute atomic E-state index is 11.9. The summed E-state index contributed by atoms with van der Waals surface area (Å²) in [6.07, 6.45) is 0. The van der Waals surface area contributed by atoms with Gasteiger partial charge in [0.1, 0.15) is 5.75 Å². The summed E-state index contributed by atoms with van der Waals surface area (Å²) in [5.74, 6) is -0.148. The van der Waals surface area contributed by atoms with Crippen LogP contribution in [0.4, 0.5) is 11.4 Å². The second-order valence-electron chi connectivity index (χ2n) is 5.29. The normalized spacial score (nSPS) is 10.0. The van der Waals surface area contributed by atoms with Crippen molar-refractivity contribution in [3.8, 4) is 5.75 Å². The zero-order chi connectivity index (χ0) is 18.4. The Morgan fingerprint density at radius 3 is 2.24 bits per heavy atom. The van der Waals surface area contributed by atoms with E-state index in [4.69, 9.17) is 16.3 Å². The topological polar surface area (TPSA) is 84.5 Å². The smallest absolute Gasteiger partial charge is 0.262 e. The highest BCUT2D eigenvalue weighted by molar-refractivity contribution is 6.34. The van der Waals surface area contributed by atoms with Crippen molar-refractivity contribution in [1.29, 1.82) is 0 Å². The Bertz CT molecular complexity index is 803. The molecule has 130 valence electrons. The average Bonchev–Trinajstić information content (AvgIpc) is 2.55. The van der Waals surface area contributed by atoms with Gasteiger partial charge >= 0.3 is 0 Å². The summed E-state index contributed by atoms with van der Waals surface area (Å²) >= 11 is 6.05. The minimum absolute atomic E-state index is 0.0381. The van der Waals surface area contributed by atoms with Gasteiger partial charge in [0, 0.05) is 18.2 Å². The monoisotopic (exact) mass is 360 g/mol. The highest BCUT2D eigenvalue weighted by Gasteiger charge is 2.08. The van der Waals surface area contributed by atoms with Gasteiger partial charge in [0.25, 0.3) is 5.91 Å². The lowest BCUT2D eigenvalue weighted by Crippen LogP contribution is -2.20. The van der Waals surface area contributed by atoms with E-state index < -0.39 is 0 Å². The van der Waals surface area contributed by atoms with Crippen molar-refractivity contribution in [3.05, 3.63) is 53.1 Å². The Labute approximate surface area is 150 Å². The minimum atomic E-state index is -0.362. The maximum Gasteiger partial charge on any atom is 0.262 e. The van der Waals surface area contributed by atoms with E-state index in [1.54, 1.807) is 36.4 Å². The number of rotatable bonds is 6. The Morgan fingerprint density at radius 1 is 1.00 bits per heavy atom. The van der Waals surface area contributed by atoms with Crippen molar-refractivity contribution < 1.29 is 19.1 Å². The molecule has 0 fully saturated rings. The fraction of sp³-hybridized carbons (Fsp3) is 0.167. The zero-order valence-electron chi connectivity index (χ0n) is 13.8. The summed E-state index contributed by atoms with van der Waals surface area (Å²) in [6.45, 7) is 2.67. The summed E-state index contributed by atoms with van der Waals surface area (Å²) in [5, 5.41) is 5.54. The molecule has 2 aromatic carbocycles. The van der Waals surface area contributed by atoms with Gasteiger partial charge in [-0.1, -0.05) is 11.6 Å². The summed E-state index contributed by atoms with van der Waals surface area (Å²) in [6, 6.07) is 11.3. The molecule has 0 radical (unpaired) electrons. The summed E-state index contributed by atoms with van der Waals surface area (Å²) < 4.78 is 5.37. The Morgan fingerprint density at radius 2 is 1.68 bits per heavy atom. The van der Waals surface area contributed by atoms with Crippen molar-refractivity contribution in [3.63, 3.8) is 0 Å². The van der Waals surface area contributed by atoms with Gasteiger partial charge in [-0.05, 0) is 49.4 Å². The predicted octanol–water partition coefficient (Wildman–Crippen LogP) is 3.52. The number of ether oxygens (including phenoxy) is 1. The second-order valence-corrected chi connectivity index (χ2v) is 5.70. The lowest BCUT2D eigenvalue weighted by molar-refractivity contribution is -0.118. The molecule has 0 aliphatic rings. The third kappa shape index (κ3) is 5.61. The van der Waals surface area contributed by atoms with E-state index >= 15 is 0 Å². The van der Waals surface area contributed by atoms with E-state index in [1.165, 1.54) is 19.9 Å². The molecule has 2 N–H and O–H groups in total. The van der Waals surface area contributed by atoms with E-state index in [2.05, 4.69) is 10.6 Å². The maximum atomic E-state index is 11.9. The number of carbonyl (C=O) groups excluding carboxylic acids is 3. The van der Waals surface area contributed by atoms with Crippen molar-refractivity contribution in [1.82, 2.24) is 0 Å². The molecule has 0 heterocycles. The van der Waals surface area contributed by atoms with Crippen molar-refractivity contribution >= 4 is 40.6 Å². The highest BCUT2D eigenvalue weighted by atomic mass is 35.5. The number of hydrogen-bond acceptors (Lipinski definition) is 4. The average molecular weight is 361 g/mol. The van der Waals surface area contributed by atoms with Crippen LogP contribution in [-0.2, 0) is 9.59 Å². The number of Topliss-reactive ketones (excluding diaryl/α,β-unsaturated/α-hetero) is 1. The number of anilines is 2. The molecule has 0 aliphatic heterocycles. The molecule has 0 atom stereocenters. The number of benzene rings is 2. The minimum Gasteiger partial charge on any atom is -0.484 e. The highest BCUT2D eigenvalue weighted by Crippen LogP contribution is 2.25. The molecular weight excluding hydrogens is 344 g/mol. The van der Waals surface area contributed by atoms with E-state index in [0.29, 0.717) is 27.7 Å². The molecule has 0 aliphatic carbocycles. The molecule has 0 aromatic heterocycles. The van der Waals surface area contributed by atoms with E-state index in [1.807, 2.05) is 0 Å². The first-order chi connectivity index (χ1) is 11.8. The van der Waals surface area contributed by atoms with Crippen molar-refractivity contribution in [2.45, 2.75) is 13.8 Å². The lowest BCUT2D eigenvalue weighted by atomic mass is 10.1. The van der Waals surface area contributed by atoms with Gasteiger partial charge in [-0.2, -0.15) is 0 Å². The first-order valence-electron chi connectivity index (χ1n) is 7.46. The standard InChI is InChI=1S/C18H17ClN2O4/c1-11(22)13-3-6-15(7-4-13)25-10-18(24)21-14-5-8-17(16(19)9-14)20-12(2)23/h3-9H,10H2,1-2H3,(H,20,23)(H,21,24). The van der Waals surface area contributed by atoms with Crippen LogP contribution in [-0.4, -0.2) is 24.2 Å². The van der Waals surface area contributed by atoms with Crippen LogP contribution in [0.2, 0.25) is 5.02 Å². The Hall–Kier alpha value is -2.86. The molecule has 0 bridgehead atoms.